The van der Waals surface area contributed by atoms with Crippen LogP contribution in [0.3, 0.4) is 0 Å². The number of hydrogen-bond acceptors (Lipinski definition) is 0. The monoisotopic (exact) mass is 322 g/mol. The Morgan fingerprint density at radius 2 is 1.41 bits per heavy atom. The summed E-state index contributed by atoms with van der Waals surface area (Å²) in [5.41, 5.74) is 0. The molecule has 128 valence electrons. The van der Waals surface area contributed by atoms with Gasteiger partial charge >= 0.3 is 0 Å². The molecule has 1 aromatic rings. The van der Waals surface area contributed by atoms with Gasteiger partial charge in [0.15, 0.2) is 0 Å². The summed E-state index contributed by atoms with van der Waals surface area (Å²) in [6.07, 6.45) is 15.1. The van der Waals surface area contributed by atoms with Gasteiger partial charge < -0.3 is 0 Å². The third-order valence-electron chi connectivity index (χ3n) is 5.06. The van der Waals surface area contributed by atoms with E-state index in [4.69, 9.17) is 0 Å². The Labute approximate surface area is 141 Å². The van der Waals surface area contributed by atoms with E-state index in [-0.39, 0.29) is 0 Å². The summed E-state index contributed by atoms with van der Waals surface area (Å²) >= 11 is 0. The molecule has 0 radical (unpaired) electrons. The van der Waals surface area contributed by atoms with E-state index in [0.29, 0.717) is 0 Å². The minimum Gasteiger partial charge on any atom is -0.215 e. The van der Waals surface area contributed by atoms with Crippen LogP contribution >= 0.6 is 10.0 Å². The predicted octanol–water partition coefficient (Wildman–Crippen LogP) is 7.42. The second kappa shape index (κ2) is 11.2. The Hall–Kier alpha value is -0.430. The van der Waals surface area contributed by atoms with Gasteiger partial charge in [0.05, 0.1) is 0 Å². The third kappa shape index (κ3) is 6.36. The van der Waals surface area contributed by atoms with Crippen molar-refractivity contribution in [3.05, 3.63) is 30.3 Å². The van der Waals surface area contributed by atoms with Crippen molar-refractivity contribution in [2.24, 2.45) is 0 Å². The molecular formula is C21H38S. The van der Waals surface area contributed by atoms with Crippen molar-refractivity contribution in [1.82, 2.24) is 0 Å². The molecule has 2 unspecified atom stereocenters. The molecule has 1 aromatic carbocycles. The topological polar surface area (TPSA) is 0 Å². The summed E-state index contributed by atoms with van der Waals surface area (Å²) in [7, 11) is -0.664. The van der Waals surface area contributed by atoms with Gasteiger partial charge in [-0.15, -0.1) is 0 Å². The summed E-state index contributed by atoms with van der Waals surface area (Å²) in [6, 6.07) is 11.4. The van der Waals surface area contributed by atoms with Crippen molar-refractivity contribution in [2.45, 2.75) is 88.7 Å². The van der Waals surface area contributed by atoms with Crippen molar-refractivity contribution < 1.29 is 0 Å². The van der Waals surface area contributed by atoms with Crippen LogP contribution in [0, 0.1) is 0 Å². The molecule has 1 rings (SSSR count). The Bertz CT molecular complexity index is 373. The largest absolute Gasteiger partial charge is 0.215 e. The van der Waals surface area contributed by atoms with E-state index in [2.05, 4.69) is 57.4 Å². The van der Waals surface area contributed by atoms with Crippen LogP contribution < -0.4 is 0 Å². The van der Waals surface area contributed by atoms with Crippen LogP contribution in [0.5, 0.6) is 0 Å². The minimum atomic E-state index is -0.664. The maximum absolute atomic E-state index is 2.60. The summed E-state index contributed by atoms with van der Waals surface area (Å²) in [6.45, 7) is 7.13. The van der Waals surface area contributed by atoms with Gasteiger partial charge in [0, 0.05) is 0 Å². The van der Waals surface area contributed by atoms with E-state index < -0.39 is 10.0 Å². The smallest absolute Gasteiger partial charge is 0.00991 e. The van der Waals surface area contributed by atoms with Gasteiger partial charge in [-0.2, -0.15) is 0 Å². The van der Waals surface area contributed by atoms with Gasteiger partial charge in [-0.3, -0.25) is 0 Å². The van der Waals surface area contributed by atoms with Crippen LogP contribution in [0.25, 0.3) is 0 Å². The lowest BCUT2D eigenvalue weighted by atomic mass is 10.2. The highest BCUT2D eigenvalue weighted by Gasteiger charge is 2.26. The zero-order chi connectivity index (χ0) is 16.3. The van der Waals surface area contributed by atoms with E-state index in [1.54, 1.807) is 4.90 Å². The average molecular weight is 323 g/mol. The van der Waals surface area contributed by atoms with Crippen LogP contribution in [0.1, 0.15) is 78.6 Å². The summed E-state index contributed by atoms with van der Waals surface area (Å²) < 4.78 is 0. The van der Waals surface area contributed by atoms with Gasteiger partial charge in [0.25, 0.3) is 0 Å². The van der Waals surface area contributed by atoms with Crippen molar-refractivity contribution in [3.63, 3.8) is 0 Å². The summed E-state index contributed by atoms with van der Waals surface area (Å²) in [5, 5.41) is 0.854. The molecule has 0 aliphatic rings. The van der Waals surface area contributed by atoms with Crippen LogP contribution in [-0.2, 0) is 0 Å². The van der Waals surface area contributed by atoms with E-state index >= 15 is 0 Å². The van der Waals surface area contributed by atoms with Gasteiger partial charge in [0.2, 0.25) is 0 Å². The SMILES string of the molecule is CCCCCCCS(C)(c1ccccc1)C(C)CCCCC. The fourth-order valence-electron chi connectivity index (χ4n) is 3.23. The highest BCUT2D eigenvalue weighted by Crippen LogP contribution is 2.58. The predicted molar refractivity (Wildman–Crippen MR) is 105 cm³/mol. The first-order chi connectivity index (χ1) is 10.6. The molecule has 0 N–H and O–H groups in total. The molecule has 0 amide bonds. The highest BCUT2D eigenvalue weighted by molar-refractivity contribution is 8.33. The fraction of sp³-hybridized carbons (Fsp3) is 0.714. The van der Waals surface area contributed by atoms with E-state index in [1.807, 2.05) is 0 Å². The molecule has 2 atom stereocenters. The normalized spacial score (nSPS) is 16.9. The zero-order valence-corrected chi connectivity index (χ0v) is 16.3. The summed E-state index contributed by atoms with van der Waals surface area (Å²) in [5.74, 6) is 1.42. The van der Waals surface area contributed by atoms with Crippen molar-refractivity contribution >= 4 is 10.0 Å². The molecule has 0 spiro atoms. The molecule has 0 fully saturated rings. The maximum atomic E-state index is 2.60. The third-order valence-corrected chi connectivity index (χ3v) is 9.55. The van der Waals surface area contributed by atoms with E-state index in [9.17, 15) is 0 Å². The van der Waals surface area contributed by atoms with Gasteiger partial charge in [-0.25, -0.2) is 10.0 Å². The van der Waals surface area contributed by atoms with Crippen molar-refractivity contribution in [3.8, 4) is 0 Å². The standard InChI is InChI=1S/C21H38S/c1-5-7-9-10-15-19-22(4,20(3)16-12-8-6-2)21-17-13-11-14-18-21/h11,13-14,17-18,20H,5-10,12,15-16,19H2,1-4H3. The van der Waals surface area contributed by atoms with Crippen LogP contribution in [0.15, 0.2) is 35.2 Å². The molecule has 0 aliphatic heterocycles. The van der Waals surface area contributed by atoms with E-state index in [1.165, 1.54) is 63.5 Å². The lowest BCUT2D eigenvalue weighted by Crippen LogP contribution is -2.18. The molecular weight excluding hydrogens is 284 g/mol. The molecule has 0 aromatic heterocycles. The maximum Gasteiger partial charge on any atom is -0.00991 e. The molecule has 0 saturated heterocycles. The molecule has 0 aliphatic carbocycles. The molecule has 0 heterocycles. The molecule has 22 heavy (non-hydrogen) atoms. The van der Waals surface area contributed by atoms with Crippen LogP contribution in [0.4, 0.5) is 0 Å². The van der Waals surface area contributed by atoms with Gasteiger partial charge in [0.1, 0.15) is 0 Å². The molecule has 0 nitrogen and oxygen atoms in total. The number of hydrogen-bond donors (Lipinski definition) is 0. The number of rotatable bonds is 12. The van der Waals surface area contributed by atoms with Crippen molar-refractivity contribution in [2.75, 3.05) is 12.0 Å². The Kier molecular flexibility index (Phi) is 9.95. The number of benzene rings is 1. The highest BCUT2D eigenvalue weighted by atomic mass is 32.3. The molecule has 1 heteroatoms. The first kappa shape index (κ1) is 19.6. The Morgan fingerprint density at radius 3 is 2.05 bits per heavy atom. The second-order valence-electron chi connectivity index (χ2n) is 6.90. The van der Waals surface area contributed by atoms with Gasteiger partial charge in [-0.05, 0) is 35.0 Å². The van der Waals surface area contributed by atoms with Crippen LogP contribution in [-0.4, -0.2) is 17.3 Å². The summed E-state index contributed by atoms with van der Waals surface area (Å²) in [4.78, 5) is 1.63. The Balaban J connectivity index is 2.67. The molecule has 0 bridgehead atoms. The number of unbranched alkanes of at least 4 members (excludes halogenated alkanes) is 6. The lowest BCUT2D eigenvalue weighted by molar-refractivity contribution is 0.648. The van der Waals surface area contributed by atoms with Crippen molar-refractivity contribution in [1.29, 1.82) is 0 Å². The minimum absolute atomic E-state index is 0.664. The van der Waals surface area contributed by atoms with Crippen LogP contribution in [0.2, 0.25) is 0 Å². The second-order valence-corrected chi connectivity index (χ2v) is 10.9. The molecule has 0 saturated carbocycles. The lowest BCUT2D eigenvalue weighted by Gasteiger charge is -2.43. The quantitative estimate of drug-likeness (QED) is 0.351. The zero-order valence-electron chi connectivity index (χ0n) is 15.4. The van der Waals surface area contributed by atoms with E-state index in [0.717, 1.165) is 5.25 Å². The first-order valence-electron chi connectivity index (χ1n) is 9.45. The average Bonchev–Trinajstić information content (AvgIpc) is 2.55. The Morgan fingerprint density at radius 1 is 0.818 bits per heavy atom. The van der Waals surface area contributed by atoms with Gasteiger partial charge in [-0.1, -0.05) is 96.0 Å². The fourth-order valence-corrected chi connectivity index (χ4v) is 6.60. The first-order valence-corrected chi connectivity index (χ1v) is 11.7.